The minimum Gasteiger partial charge on any atom is -0.402 e. The van der Waals surface area contributed by atoms with Crippen LogP contribution in [0, 0.1) is 5.82 Å². The number of ether oxygens (including phenoxy) is 1. The first kappa shape index (κ1) is 14.8. The Morgan fingerprint density at radius 2 is 1.82 bits per heavy atom. The van der Waals surface area contributed by atoms with Gasteiger partial charge in [0.2, 0.25) is 5.90 Å². The number of halogens is 3. The molecule has 0 saturated heterocycles. The predicted octanol–water partition coefficient (Wildman–Crippen LogP) is 4.48. The van der Waals surface area contributed by atoms with E-state index in [2.05, 4.69) is 4.99 Å². The SMILES string of the molecule is O=C1OC(c2ccc(F)cc2)=N/C1=C/c1cccc(Cl)c1Cl. The molecule has 3 nitrogen and oxygen atoms in total. The van der Waals surface area contributed by atoms with Gasteiger partial charge in [0.15, 0.2) is 5.70 Å². The zero-order valence-corrected chi connectivity index (χ0v) is 12.5. The largest absolute Gasteiger partial charge is 0.402 e. The van der Waals surface area contributed by atoms with Crippen molar-refractivity contribution in [3.63, 3.8) is 0 Å². The van der Waals surface area contributed by atoms with Crippen LogP contribution in [0.5, 0.6) is 0 Å². The molecule has 0 aromatic heterocycles. The summed E-state index contributed by atoms with van der Waals surface area (Å²) in [5.41, 5.74) is 1.17. The Hall–Kier alpha value is -2.17. The molecule has 1 heterocycles. The number of esters is 1. The van der Waals surface area contributed by atoms with Gasteiger partial charge >= 0.3 is 5.97 Å². The van der Waals surface area contributed by atoms with Gasteiger partial charge < -0.3 is 4.74 Å². The van der Waals surface area contributed by atoms with E-state index in [0.29, 0.717) is 21.2 Å². The molecule has 1 aliphatic heterocycles. The Balaban J connectivity index is 1.97. The van der Waals surface area contributed by atoms with Crippen LogP contribution in [0.4, 0.5) is 4.39 Å². The average Bonchev–Trinajstić information content (AvgIpc) is 2.86. The van der Waals surface area contributed by atoms with E-state index in [4.69, 9.17) is 27.9 Å². The number of carbonyl (C=O) groups is 1. The van der Waals surface area contributed by atoms with E-state index in [0.717, 1.165) is 0 Å². The van der Waals surface area contributed by atoms with Gasteiger partial charge in [-0.05, 0) is 42.0 Å². The maximum absolute atomic E-state index is 12.9. The molecule has 22 heavy (non-hydrogen) atoms. The number of hydrogen-bond acceptors (Lipinski definition) is 3. The van der Waals surface area contributed by atoms with E-state index in [1.54, 1.807) is 18.2 Å². The molecular weight excluding hydrogens is 328 g/mol. The van der Waals surface area contributed by atoms with E-state index >= 15 is 0 Å². The van der Waals surface area contributed by atoms with Gasteiger partial charge in [0.05, 0.1) is 10.0 Å². The van der Waals surface area contributed by atoms with Crippen molar-refractivity contribution in [1.82, 2.24) is 0 Å². The highest BCUT2D eigenvalue weighted by Crippen LogP contribution is 2.28. The summed E-state index contributed by atoms with van der Waals surface area (Å²) in [4.78, 5) is 16.0. The zero-order chi connectivity index (χ0) is 15.7. The first-order chi connectivity index (χ1) is 10.5. The molecule has 1 aliphatic rings. The summed E-state index contributed by atoms with van der Waals surface area (Å²) in [6.07, 6.45) is 1.49. The Morgan fingerprint density at radius 3 is 2.55 bits per heavy atom. The van der Waals surface area contributed by atoms with E-state index in [-0.39, 0.29) is 17.4 Å². The van der Waals surface area contributed by atoms with Crippen molar-refractivity contribution in [1.29, 1.82) is 0 Å². The lowest BCUT2D eigenvalue weighted by Gasteiger charge is -2.00. The van der Waals surface area contributed by atoms with E-state index in [9.17, 15) is 9.18 Å². The second-order valence-corrected chi connectivity index (χ2v) is 5.27. The summed E-state index contributed by atoms with van der Waals surface area (Å²) >= 11 is 12.0. The number of benzene rings is 2. The Labute approximate surface area is 135 Å². The van der Waals surface area contributed by atoms with Crippen LogP contribution < -0.4 is 0 Å². The Kier molecular flexibility index (Phi) is 3.96. The number of cyclic esters (lactones) is 1. The highest BCUT2D eigenvalue weighted by atomic mass is 35.5. The highest BCUT2D eigenvalue weighted by Gasteiger charge is 2.24. The van der Waals surface area contributed by atoms with Crippen molar-refractivity contribution in [2.75, 3.05) is 0 Å². The molecule has 0 atom stereocenters. The van der Waals surface area contributed by atoms with Crippen LogP contribution in [0.1, 0.15) is 11.1 Å². The summed E-state index contributed by atoms with van der Waals surface area (Å²) < 4.78 is 18.0. The van der Waals surface area contributed by atoms with Crippen LogP contribution in [0.2, 0.25) is 10.0 Å². The second-order valence-electron chi connectivity index (χ2n) is 4.49. The number of carbonyl (C=O) groups excluding carboxylic acids is 1. The van der Waals surface area contributed by atoms with Gasteiger partial charge in [0.25, 0.3) is 0 Å². The normalized spacial score (nSPS) is 15.9. The van der Waals surface area contributed by atoms with Crippen molar-refractivity contribution in [3.8, 4) is 0 Å². The van der Waals surface area contributed by atoms with Gasteiger partial charge in [0, 0.05) is 5.56 Å². The molecule has 0 unspecified atom stereocenters. The van der Waals surface area contributed by atoms with Crippen LogP contribution in [0.3, 0.4) is 0 Å². The molecule has 0 saturated carbocycles. The van der Waals surface area contributed by atoms with E-state index < -0.39 is 5.97 Å². The second kappa shape index (κ2) is 5.91. The standard InChI is InChI=1S/C16H8Cl2FNO2/c17-12-3-1-2-10(14(12)18)8-13-16(21)22-15(20-13)9-4-6-11(19)7-5-9/h1-8H/b13-8+. The molecule has 110 valence electrons. The monoisotopic (exact) mass is 335 g/mol. The lowest BCUT2D eigenvalue weighted by Crippen LogP contribution is -2.05. The molecule has 6 heteroatoms. The van der Waals surface area contributed by atoms with Crippen LogP contribution in [-0.2, 0) is 9.53 Å². The topological polar surface area (TPSA) is 38.7 Å². The van der Waals surface area contributed by atoms with Gasteiger partial charge in [-0.15, -0.1) is 0 Å². The lowest BCUT2D eigenvalue weighted by atomic mass is 10.2. The number of nitrogens with zero attached hydrogens (tertiary/aromatic N) is 1. The van der Waals surface area contributed by atoms with Crippen molar-refractivity contribution < 1.29 is 13.9 Å². The zero-order valence-electron chi connectivity index (χ0n) is 11.0. The molecule has 0 radical (unpaired) electrons. The molecule has 2 aromatic carbocycles. The van der Waals surface area contributed by atoms with E-state index in [1.807, 2.05) is 0 Å². The maximum atomic E-state index is 12.9. The maximum Gasteiger partial charge on any atom is 0.363 e. The molecule has 0 spiro atoms. The first-order valence-corrected chi connectivity index (χ1v) is 7.03. The highest BCUT2D eigenvalue weighted by molar-refractivity contribution is 6.43. The summed E-state index contributed by atoms with van der Waals surface area (Å²) in [7, 11) is 0. The summed E-state index contributed by atoms with van der Waals surface area (Å²) in [6.45, 7) is 0. The average molecular weight is 336 g/mol. The van der Waals surface area contributed by atoms with Crippen molar-refractivity contribution in [2.45, 2.75) is 0 Å². The molecule has 3 rings (SSSR count). The van der Waals surface area contributed by atoms with Crippen LogP contribution in [-0.4, -0.2) is 11.9 Å². The minimum absolute atomic E-state index is 0.100. The quantitative estimate of drug-likeness (QED) is 0.599. The summed E-state index contributed by atoms with van der Waals surface area (Å²) in [6, 6.07) is 10.6. The molecule has 0 amide bonds. The Morgan fingerprint density at radius 1 is 1.09 bits per heavy atom. The van der Waals surface area contributed by atoms with Gasteiger partial charge in [0.1, 0.15) is 5.82 Å². The third kappa shape index (κ3) is 2.89. The van der Waals surface area contributed by atoms with Crippen LogP contribution in [0.25, 0.3) is 6.08 Å². The number of hydrogen-bond donors (Lipinski definition) is 0. The van der Waals surface area contributed by atoms with Crippen molar-refractivity contribution in [3.05, 3.63) is 75.2 Å². The van der Waals surface area contributed by atoms with Gasteiger partial charge in [-0.2, -0.15) is 0 Å². The fraction of sp³-hybridized carbons (Fsp3) is 0. The number of rotatable bonds is 2. The number of aliphatic imine (C=N–C) groups is 1. The van der Waals surface area contributed by atoms with Crippen LogP contribution in [0.15, 0.2) is 53.2 Å². The van der Waals surface area contributed by atoms with Crippen molar-refractivity contribution >= 4 is 41.1 Å². The summed E-state index contributed by atoms with van der Waals surface area (Å²) in [5, 5.41) is 0.708. The van der Waals surface area contributed by atoms with E-state index in [1.165, 1.54) is 30.3 Å². The molecule has 0 N–H and O–H groups in total. The fourth-order valence-electron chi connectivity index (χ4n) is 1.90. The van der Waals surface area contributed by atoms with Gasteiger partial charge in [-0.3, -0.25) is 0 Å². The lowest BCUT2D eigenvalue weighted by molar-refractivity contribution is -0.129. The Bertz CT molecular complexity index is 813. The van der Waals surface area contributed by atoms with Gasteiger partial charge in [-0.25, -0.2) is 14.2 Å². The third-order valence-corrected chi connectivity index (χ3v) is 3.82. The molecule has 0 aliphatic carbocycles. The van der Waals surface area contributed by atoms with Gasteiger partial charge in [-0.1, -0.05) is 35.3 Å². The van der Waals surface area contributed by atoms with Crippen LogP contribution >= 0.6 is 23.2 Å². The fourth-order valence-corrected chi connectivity index (χ4v) is 2.27. The van der Waals surface area contributed by atoms with Crippen molar-refractivity contribution in [2.24, 2.45) is 4.99 Å². The first-order valence-electron chi connectivity index (χ1n) is 6.27. The molecule has 0 fully saturated rings. The molecular formula is C16H8Cl2FNO2. The smallest absolute Gasteiger partial charge is 0.363 e. The molecule has 0 bridgehead atoms. The minimum atomic E-state index is -0.602. The molecule has 2 aromatic rings. The summed E-state index contributed by atoms with van der Waals surface area (Å²) in [5.74, 6) is -0.861. The predicted molar refractivity (Wildman–Crippen MR) is 83.5 cm³/mol. The third-order valence-electron chi connectivity index (χ3n) is 2.99.